The number of hydrogen-bond acceptors (Lipinski definition) is 4. The fraction of sp³-hybridized carbons (Fsp3) is 0.556. The average molecular weight is 252 g/mol. The first-order valence-corrected chi connectivity index (χ1v) is 4.60. The van der Waals surface area contributed by atoms with Gasteiger partial charge < -0.3 is 9.47 Å². The number of rotatable bonds is 4. The Morgan fingerprint density at radius 2 is 2.12 bits per heavy atom. The van der Waals surface area contributed by atoms with Crippen molar-refractivity contribution in [3.8, 4) is 6.01 Å². The summed E-state index contributed by atoms with van der Waals surface area (Å²) in [7, 11) is 1.27. The Morgan fingerprint density at radius 3 is 2.65 bits per heavy atom. The van der Waals surface area contributed by atoms with Gasteiger partial charge in [0.2, 0.25) is 0 Å². The smallest absolute Gasteiger partial charge is 0.411 e. The molecule has 0 aliphatic carbocycles. The summed E-state index contributed by atoms with van der Waals surface area (Å²) in [5, 5.41) is 0. The van der Waals surface area contributed by atoms with Gasteiger partial charge in [0.1, 0.15) is 13.3 Å². The summed E-state index contributed by atoms with van der Waals surface area (Å²) in [6, 6.07) is 1.09. The first kappa shape index (κ1) is 13.5. The van der Waals surface area contributed by atoms with E-state index < -0.39 is 25.1 Å². The zero-order valence-electron chi connectivity index (χ0n) is 9.24. The van der Waals surface area contributed by atoms with Crippen LogP contribution in [0.5, 0.6) is 6.01 Å². The lowest BCUT2D eigenvalue weighted by Gasteiger charge is -2.12. The molecular formula is C9H11F3N2O3. The molecule has 1 rings (SSSR count). The fourth-order valence-corrected chi connectivity index (χ4v) is 1.12. The minimum absolute atomic E-state index is 0.0859. The highest BCUT2D eigenvalue weighted by atomic mass is 19.4. The molecule has 1 heterocycles. The molecule has 0 unspecified atom stereocenters. The standard InChI is InChI=1S/C9H11F3N2O3/c1-6-3-7(15)14(8(13-6)16-2)5-17-4-9(10,11)12/h3H,4-5H2,1-2H3. The summed E-state index contributed by atoms with van der Waals surface area (Å²) in [5.74, 6) is 0. The maximum Gasteiger partial charge on any atom is 0.411 e. The molecule has 0 aliphatic heterocycles. The number of halogens is 3. The van der Waals surface area contributed by atoms with E-state index in [9.17, 15) is 18.0 Å². The van der Waals surface area contributed by atoms with Crippen molar-refractivity contribution in [2.75, 3.05) is 13.7 Å². The van der Waals surface area contributed by atoms with Crippen LogP contribution in [0, 0.1) is 6.92 Å². The van der Waals surface area contributed by atoms with Crippen molar-refractivity contribution < 1.29 is 22.6 Å². The molecule has 1 aromatic rings. The summed E-state index contributed by atoms with van der Waals surface area (Å²) in [6.45, 7) is -0.421. The summed E-state index contributed by atoms with van der Waals surface area (Å²) in [4.78, 5) is 15.3. The minimum Gasteiger partial charge on any atom is -0.468 e. The van der Waals surface area contributed by atoms with E-state index in [-0.39, 0.29) is 6.01 Å². The van der Waals surface area contributed by atoms with Gasteiger partial charge in [0.15, 0.2) is 0 Å². The molecule has 8 heteroatoms. The van der Waals surface area contributed by atoms with Gasteiger partial charge >= 0.3 is 12.2 Å². The van der Waals surface area contributed by atoms with Crippen molar-refractivity contribution in [2.24, 2.45) is 0 Å². The molecule has 0 atom stereocenters. The number of aryl methyl sites for hydroxylation is 1. The van der Waals surface area contributed by atoms with Gasteiger partial charge in [-0.2, -0.15) is 13.2 Å². The fourth-order valence-electron chi connectivity index (χ4n) is 1.12. The van der Waals surface area contributed by atoms with Crippen molar-refractivity contribution in [3.05, 3.63) is 22.1 Å². The molecule has 0 saturated heterocycles. The van der Waals surface area contributed by atoms with Gasteiger partial charge in [-0.05, 0) is 6.92 Å². The molecular weight excluding hydrogens is 241 g/mol. The highest BCUT2D eigenvalue weighted by molar-refractivity contribution is 5.06. The lowest BCUT2D eigenvalue weighted by atomic mass is 10.4. The van der Waals surface area contributed by atoms with Crippen LogP contribution in [0.4, 0.5) is 13.2 Å². The summed E-state index contributed by atoms with van der Waals surface area (Å²) in [6.07, 6.45) is -4.44. The number of alkyl halides is 3. The van der Waals surface area contributed by atoms with Crippen LogP contribution in [0.1, 0.15) is 5.69 Å². The zero-order chi connectivity index (χ0) is 13.1. The van der Waals surface area contributed by atoms with E-state index >= 15 is 0 Å². The Bertz CT molecular complexity index is 442. The Hall–Kier alpha value is -1.57. The van der Waals surface area contributed by atoms with E-state index in [0.29, 0.717) is 5.69 Å². The van der Waals surface area contributed by atoms with E-state index in [0.717, 1.165) is 4.57 Å². The lowest BCUT2D eigenvalue weighted by molar-refractivity contribution is -0.182. The summed E-state index contributed by atoms with van der Waals surface area (Å²) >= 11 is 0. The van der Waals surface area contributed by atoms with E-state index in [1.54, 1.807) is 6.92 Å². The normalized spacial score (nSPS) is 11.6. The van der Waals surface area contributed by atoms with Crippen molar-refractivity contribution in [3.63, 3.8) is 0 Å². The van der Waals surface area contributed by atoms with Crippen molar-refractivity contribution in [1.29, 1.82) is 0 Å². The van der Waals surface area contributed by atoms with Gasteiger partial charge in [-0.1, -0.05) is 0 Å². The number of hydrogen-bond donors (Lipinski definition) is 0. The van der Waals surface area contributed by atoms with Crippen LogP contribution in [-0.4, -0.2) is 29.4 Å². The largest absolute Gasteiger partial charge is 0.468 e. The molecule has 0 radical (unpaired) electrons. The van der Waals surface area contributed by atoms with Crippen molar-refractivity contribution in [2.45, 2.75) is 19.8 Å². The molecule has 5 nitrogen and oxygen atoms in total. The predicted octanol–water partition coefficient (Wildman–Crippen LogP) is 1.10. The molecule has 0 aliphatic rings. The van der Waals surface area contributed by atoms with Crippen LogP contribution in [-0.2, 0) is 11.5 Å². The molecule has 0 amide bonds. The maximum absolute atomic E-state index is 11.8. The molecule has 0 fully saturated rings. The first-order chi connectivity index (χ1) is 7.83. The topological polar surface area (TPSA) is 53.3 Å². The second-order valence-corrected chi connectivity index (χ2v) is 3.24. The van der Waals surface area contributed by atoms with Crippen molar-refractivity contribution in [1.82, 2.24) is 9.55 Å². The van der Waals surface area contributed by atoms with Crippen molar-refractivity contribution >= 4 is 0 Å². The van der Waals surface area contributed by atoms with Gasteiger partial charge in [-0.3, -0.25) is 4.79 Å². The Kier molecular flexibility index (Phi) is 4.11. The third-order valence-electron chi connectivity index (χ3n) is 1.77. The van der Waals surface area contributed by atoms with E-state index in [1.807, 2.05) is 0 Å². The summed E-state index contributed by atoms with van der Waals surface area (Å²) < 4.78 is 45.6. The molecule has 0 spiro atoms. The molecule has 96 valence electrons. The first-order valence-electron chi connectivity index (χ1n) is 4.60. The average Bonchev–Trinajstić information content (AvgIpc) is 2.18. The number of methoxy groups -OCH3 is 1. The Labute approximate surface area is 94.8 Å². The van der Waals surface area contributed by atoms with Gasteiger partial charge in [0, 0.05) is 11.8 Å². The van der Waals surface area contributed by atoms with Gasteiger partial charge in [0.05, 0.1) is 7.11 Å². The Balaban J connectivity index is 2.80. The summed E-state index contributed by atoms with van der Waals surface area (Å²) in [5.41, 5.74) is -0.115. The number of aromatic nitrogens is 2. The van der Waals surface area contributed by atoms with Gasteiger partial charge in [-0.15, -0.1) is 0 Å². The van der Waals surface area contributed by atoms with Crippen LogP contribution in [0.15, 0.2) is 10.9 Å². The molecule has 1 aromatic heterocycles. The quantitative estimate of drug-likeness (QED) is 0.805. The van der Waals surface area contributed by atoms with Crippen LogP contribution >= 0.6 is 0 Å². The third kappa shape index (κ3) is 4.06. The van der Waals surface area contributed by atoms with Crippen LogP contribution in [0.25, 0.3) is 0 Å². The Morgan fingerprint density at radius 1 is 1.47 bits per heavy atom. The van der Waals surface area contributed by atoms with E-state index in [1.165, 1.54) is 13.2 Å². The van der Waals surface area contributed by atoms with Crippen LogP contribution in [0.3, 0.4) is 0 Å². The predicted molar refractivity (Wildman–Crippen MR) is 51.8 cm³/mol. The highest BCUT2D eigenvalue weighted by Gasteiger charge is 2.27. The minimum atomic E-state index is -4.44. The molecule has 17 heavy (non-hydrogen) atoms. The van der Waals surface area contributed by atoms with Gasteiger partial charge in [0.25, 0.3) is 5.56 Å². The van der Waals surface area contributed by atoms with E-state index in [4.69, 9.17) is 4.74 Å². The zero-order valence-corrected chi connectivity index (χ0v) is 9.24. The second-order valence-electron chi connectivity index (χ2n) is 3.24. The van der Waals surface area contributed by atoms with Crippen LogP contribution in [0.2, 0.25) is 0 Å². The highest BCUT2D eigenvalue weighted by Crippen LogP contribution is 2.15. The maximum atomic E-state index is 11.8. The lowest BCUT2D eigenvalue weighted by Crippen LogP contribution is -2.26. The molecule has 0 saturated carbocycles. The number of ether oxygens (including phenoxy) is 2. The second kappa shape index (κ2) is 5.17. The van der Waals surface area contributed by atoms with Gasteiger partial charge in [-0.25, -0.2) is 9.55 Å². The monoisotopic (exact) mass is 252 g/mol. The molecule has 0 N–H and O–H groups in total. The SMILES string of the molecule is COc1nc(C)cc(=O)n1COCC(F)(F)F. The van der Waals surface area contributed by atoms with Crippen LogP contribution < -0.4 is 10.3 Å². The third-order valence-corrected chi connectivity index (χ3v) is 1.77. The van der Waals surface area contributed by atoms with E-state index in [2.05, 4.69) is 9.72 Å². The molecule has 0 aromatic carbocycles. The number of nitrogens with zero attached hydrogens (tertiary/aromatic N) is 2. The molecule has 0 bridgehead atoms.